The van der Waals surface area contributed by atoms with Crippen molar-refractivity contribution in [1.29, 1.82) is 0 Å². The minimum Gasteiger partial charge on any atom is -0.488 e. The predicted octanol–water partition coefficient (Wildman–Crippen LogP) is 5.40. The summed E-state index contributed by atoms with van der Waals surface area (Å²) in [7, 11) is 0. The second-order valence-corrected chi connectivity index (χ2v) is 7.81. The Morgan fingerprint density at radius 3 is 1.96 bits per heavy atom. The molecule has 0 N–H and O–H groups in total. The highest BCUT2D eigenvalue weighted by Crippen LogP contribution is 2.35. The van der Waals surface area contributed by atoms with E-state index in [1.165, 1.54) is 0 Å². The van der Waals surface area contributed by atoms with Crippen LogP contribution in [0.5, 0.6) is 11.5 Å². The molecular weight excluding hydrogens is 288 g/mol. The average molecular weight is 314 g/mol. The van der Waals surface area contributed by atoms with Crippen LogP contribution in [0.2, 0.25) is 0 Å². The van der Waals surface area contributed by atoms with Crippen molar-refractivity contribution in [3.8, 4) is 11.5 Å². The van der Waals surface area contributed by atoms with E-state index in [0.717, 1.165) is 16.5 Å². The van der Waals surface area contributed by atoms with Crippen molar-refractivity contribution in [3.63, 3.8) is 0 Å². The Hall–Kier alpha value is -2.03. The maximum absolute atomic E-state index is 12.0. The Bertz CT molecular complexity index is 731. The van der Waals surface area contributed by atoms with Crippen molar-refractivity contribution >= 4 is 16.6 Å². The van der Waals surface area contributed by atoms with Gasteiger partial charge in [0.2, 0.25) is 0 Å². The van der Waals surface area contributed by atoms with E-state index in [2.05, 4.69) is 0 Å². The van der Waals surface area contributed by atoms with Gasteiger partial charge >= 0.3 is 0 Å². The molecule has 0 spiro atoms. The third-order valence-corrected chi connectivity index (χ3v) is 3.16. The van der Waals surface area contributed by atoms with Crippen LogP contribution in [0.1, 0.15) is 58.8 Å². The molecule has 0 saturated carbocycles. The van der Waals surface area contributed by atoms with Gasteiger partial charge < -0.3 is 9.47 Å². The van der Waals surface area contributed by atoms with Gasteiger partial charge in [0.1, 0.15) is 22.7 Å². The van der Waals surface area contributed by atoms with Gasteiger partial charge in [0, 0.05) is 5.39 Å². The maximum atomic E-state index is 12.0. The van der Waals surface area contributed by atoms with E-state index in [9.17, 15) is 4.79 Å². The van der Waals surface area contributed by atoms with Gasteiger partial charge in [-0.1, -0.05) is 12.1 Å². The molecular formula is C20H26O3. The van der Waals surface area contributed by atoms with Gasteiger partial charge in [0.15, 0.2) is 5.78 Å². The molecule has 3 heteroatoms. The van der Waals surface area contributed by atoms with Gasteiger partial charge in [-0.3, -0.25) is 4.79 Å². The lowest BCUT2D eigenvalue weighted by Crippen LogP contribution is -2.24. The normalized spacial score (nSPS) is 12.3. The first-order chi connectivity index (χ1) is 10.5. The zero-order valence-electron chi connectivity index (χ0n) is 15.1. The Balaban J connectivity index is 2.66. The van der Waals surface area contributed by atoms with Crippen LogP contribution < -0.4 is 9.47 Å². The van der Waals surface area contributed by atoms with Crippen LogP contribution in [-0.4, -0.2) is 17.0 Å². The number of ketones is 1. The van der Waals surface area contributed by atoms with Gasteiger partial charge in [-0.2, -0.15) is 0 Å². The summed E-state index contributed by atoms with van der Waals surface area (Å²) in [5.74, 6) is 1.39. The molecule has 0 radical (unpaired) electrons. The molecule has 3 nitrogen and oxygen atoms in total. The minimum atomic E-state index is -0.390. The maximum Gasteiger partial charge on any atom is 0.163 e. The molecule has 2 rings (SSSR count). The fourth-order valence-electron chi connectivity index (χ4n) is 2.38. The van der Waals surface area contributed by atoms with E-state index < -0.39 is 0 Å². The van der Waals surface area contributed by atoms with Crippen LogP contribution in [0.3, 0.4) is 0 Å². The topological polar surface area (TPSA) is 35.5 Å². The SMILES string of the molecule is CC(=O)c1ccc2ccc(OC(C)(C)C)cc2c1OC(C)(C)C. The minimum absolute atomic E-state index is 0.00621. The van der Waals surface area contributed by atoms with E-state index in [1.807, 2.05) is 71.9 Å². The second-order valence-electron chi connectivity index (χ2n) is 7.81. The van der Waals surface area contributed by atoms with Crippen LogP contribution in [0.25, 0.3) is 10.8 Å². The fraction of sp³-hybridized carbons (Fsp3) is 0.450. The smallest absolute Gasteiger partial charge is 0.163 e. The molecule has 23 heavy (non-hydrogen) atoms. The van der Waals surface area contributed by atoms with Crippen LogP contribution in [-0.2, 0) is 0 Å². The van der Waals surface area contributed by atoms with Gasteiger partial charge in [-0.15, -0.1) is 0 Å². The van der Waals surface area contributed by atoms with Gasteiger partial charge in [-0.25, -0.2) is 0 Å². The Morgan fingerprint density at radius 2 is 1.43 bits per heavy atom. The Labute approximate surface area is 138 Å². The summed E-state index contributed by atoms with van der Waals surface area (Å²) in [6.07, 6.45) is 0. The first kappa shape index (κ1) is 17.3. The van der Waals surface area contributed by atoms with E-state index >= 15 is 0 Å². The molecule has 0 heterocycles. The number of Topliss-reactive ketones (excluding diaryl/α,β-unsaturated/α-hetero) is 1. The molecule has 0 fully saturated rings. The molecule has 124 valence electrons. The van der Waals surface area contributed by atoms with E-state index in [4.69, 9.17) is 9.47 Å². The molecule has 0 aliphatic carbocycles. The van der Waals surface area contributed by atoms with Crippen molar-refractivity contribution in [1.82, 2.24) is 0 Å². The second kappa shape index (κ2) is 5.88. The quantitative estimate of drug-likeness (QED) is 0.712. The van der Waals surface area contributed by atoms with E-state index in [0.29, 0.717) is 11.3 Å². The summed E-state index contributed by atoms with van der Waals surface area (Å²) >= 11 is 0. The number of fused-ring (bicyclic) bond motifs is 1. The van der Waals surface area contributed by atoms with Crippen LogP contribution in [0.4, 0.5) is 0 Å². The summed E-state index contributed by atoms with van der Waals surface area (Å²) in [6, 6.07) is 9.67. The molecule has 0 aliphatic heterocycles. The number of benzene rings is 2. The van der Waals surface area contributed by atoms with Crippen molar-refractivity contribution < 1.29 is 14.3 Å². The highest BCUT2D eigenvalue weighted by molar-refractivity contribution is 6.04. The average Bonchev–Trinajstić information content (AvgIpc) is 2.35. The van der Waals surface area contributed by atoms with Gasteiger partial charge in [0.25, 0.3) is 0 Å². The highest BCUT2D eigenvalue weighted by Gasteiger charge is 2.20. The lowest BCUT2D eigenvalue weighted by atomic mass is 10.0. The van der Waals surface area contributed by atoms with Crippen molar-refractivity contribution in [3.05, 3.63) is 35.9 Å². The summed E-state index contributed by atoms with van der Waals surface area (Å²) in [5, 5.41) is 1.92. The zero-order valence-corrected chi connectivity index (χ0v) is 15.1. The third kappa shape index (κ3) is 4.47. The molecule has 0 saturated heterocycles. The Kier molecular flexibility index (Phi) is 4.43. The number of ether oxygens (including phenoxy) is 2. The monoisotopic (exact) mass is 314 g/mol. The summed E-state index contributed by atoms with van der Waals surface area (Å²) in [4.78, 5) is 12.0. The van der Waals surface area contributed by atoms with Crippen molar-refractivity contribution in [2.45, 2.75) is 59.7 Å². The molecule has 0 unspecified atom stereocenters. The number of rotatable bonds is 3. The number of hydrogen-bond acceptors (Lipinski definition) is 3. The molecule has 0 aliphatic rings. The van der Waals surface area contributed by atoms with Gasteiger partial charge in [-0.05, 0) is 72.1 Å². The number of hydrogen-bond donors (Lipinski definition) is 0. The lowest BCUT2D eigenvalue weighted by molar-refractivity contribution is 0.0992. The predicted molar refractivity (Wildman–Crippen MR) is 94.7 cm³/mol. The molecule has 0 amide bonds. The molecule has 0 bridgehead atoms. The fourth-order valence-corrected chi connectivity index (χ4v) is 2.38. The standard InChI is InChI=1S/C20H26O3/c1-13(21)16-11-9-14-8-10-15(22-19(2,3)4)12-17(14)18(16)23-20(5,6)7/h8-12H,1-7H3. The zero-order chi connectivity index (χ0) is 17.4. The summed E-state index contributed by atoms with van der Waals surface area (Å²) in [5.41, 5.74) is -0.0728. The van der Waals surface area contributed by atoms with Crippen LogP contribution >= 0.6 is 0 Å². The van der Waals surface area contributed by atoms with Crippen LogP contribution in [0.15, 0.2) is 30.3 Å². The van der Waals surface area contributed by atoms with Crippen LogP contribution in [0, 0.1) is 0 Å². The van der Waals surface area contributed by atoms with Crippen molar-refractivity contribution in [2.75, 3.05) is 0 Å². The van der Waals surface area contributed by atoms with Gasteiger partial charge in [0.05, 0.1) is 5.56 Å². The summed E-state index contributed by atoms with van der Waals surface area (Å²) in [6.45, 7) is 13.5. The first-order valence-electron chi connectivity index (χ1n) is 7.92. The largest absolute Gasteiger partial charge is 0.488 e. The number of carbonyl (C=O) groups excluding carboxylic acids is 1. The lowest BCUT2D eigenvalue weighted by Gasteiger charge is -2.25. The third-order valence-electron chi connectivity index (χ3n) is 3.16. The first-order valence-corrected chi connectivity index (χ1v) is 7.92. The Morgan fingerprint density at radius 1 is 0.870 bits per heavy atom. The molecule has 0 aromatic heterocycles. The van der Waals surface area contributed by atoms with E-state index in [-0.39, 0.29) is 17.0 Å². The molecule has 2 aromatic rings. The van der Waals surface area contributed by atoms with Crippen molar-refractivity contribution in [2.24, 2.45) is 0 Å². The highest BCUT2D eigenvalue weighted by atomic mass is 16.5. The molecule has 2 aromatic carbocycles. The molecule has 0 atom stereocenters. The van der Waals surface area contributed by atoms with E-state index in [1.54, 1.807) is 6.92 Å². The summed E-state index contributed by atoms with van der Waals surface area (Å²) < 4.78 is 12.1. The number of carbonyl (C=O) groups is 1.